The summed E-state index contributed by atoms with van der Waals surface area (Å²) in [5.74, 6) is -1.10. The molecule has 0 aromatic heterocycles. The molecule has 0 fully saturated rings. The molecule has 0 saturated carbocycles. The van der Waals surface area contributed by atoms with Gasteiger partial charge in [-0.15, -0.1) is 0 Å². The second-order valence-electron chi connectivity index (χ2n) is 9.54. The SMILES string of the molecule is CCOCCCCCCCCCCCCOc1ccc(S(=O)(=O)C(CC)Oc2ccc(O)c(C(=O)O)c2)cc1. The highest BCUT2D eigenvalue weighted by Gasteiger charge is 2.28. The predicted octanol–water partition coefficient (Wildman–Crippen LogP) is 7.00. The Labute approximate surface area is 233 Å². The maximum absolute atomic E-state index is 13.1. The first-order valence-electron chi connectivity index (χ1n) is 14.1. The lowest BCUT2D eigenvalue weighted by molar-refractivity contribution is 0.0693. The second-order valence-corrected chi connectivity index (χ2v) is 11.6. The first kappa shape index (κ1) is 32.4. The van der Waals surface area contributed by atoms with Gasteiger partial charge in [-0.25, -0.2) is 13.2 Å². The van der Waals surface area contributed by atoms with Crippen molar-refractivity contribution in [2.24, 2.45) is 0 Å². The Morgan fingerprint density at radius 3 is 1.87 bits per heavy atom. The lowest BCUT2D eigenvalue weighted by Crippen LogP contribution is -2.27. The van der Waals surface area contributed by atoms with Gasteiger partial charge in [-0.2, -0.15) is 0 Å². The highest BCUT2D eigenvalue weighted by atomic mass is 32.2. The number of aromatic hydroxyl groups is 1. The maximum atomic E-state index is 13.1. The fraction of sp³-hybridized carbons (Fsp3) is 0.567. The van der Waals surface area contributed by atoms with Crippen LogP contribution in [0.4, 0.5) is 0 Å². The van der Waals surface area contributed by atoms with Crippen LogP contribution in [0.25, 0.3) is 0 Å². The standard InChI is InChI=1S/C30H44O8S/c1-3-29(38-25-17-20-28(31)27(23-25)30(32)33)39(34,35)26-18-15-24(16-19-26)37-22-14-12-10-8-6-5-7-9-11-13-21-36-4-2/h15-20,23,29,31H,3-14,21-22H2,1-2H3,(H,32,33). The molecule has 2 aromatic rings. The molecular formula is C30H44O8S. The van der Waals surface area contributed by atoms with Crippen molar-refractivity contribution in [1.82, 2.24) is 0 Å². The largest absolute Gasteiger partial charge is 0.507 e. The van der Waals surface area contributed by atoms with Gasteiger partial charge in [-0.1, -0.05) is 58.3 Å². The van der Waals surface area contributed by atoms with Crippen LogP contribution in [-0.4, -0.2) is 49.9 Å². The molecule has 0 amide bonds. The number of unbranched alkanes of at least 4 members (excludes halogenated alkanes) is 9. The molecule has 2 N–H and O–H groups in total. The van der Waals surface area contributed by atoms with Crippen molar-refractivity contribution in [2.45, 2.75) is 94.8 Å². The van der Waals surface area contributed by atoms with Crippen LogP contribution < -0.4 is 9.47 Å². The zero-order valence-electron chi connectivity index (χ0n) is 23.3. The Kier molecular flexibility index (Phi) is 14.8. The van der Waals surface area contributed by atoms with E-state index in [1.54, 1.807) is 19.1 Å². The van der Waals surface area contributed by atoms with E-state index in [0.717, 1.165) is 44.6 Å². The zero-order valence-corrected chi connectivity index (χ0v) is 24.1. The van der Waals surface area contributed by atoms with Gasteiger partial charge in [0.15, 0.2) is 0 Å². The summed E-state index contributed by atoms with van der Waals surface area (Å²) in [6.45, 7) is 5.98. The number of phenols is 1. The van der Waals surface area contributed by atoms with Crippen molar-refractivity contribution in [1.29, 1.82) is 0 Å². The smallest absolute Gasteiger partial charge is 0.339 e. The fourth-order valence-electron chi connectivity index (χ4n) is 4.21. The fourth-order valence-corrected chi connectivity index (χ4v) is 5.71. The van der Waals surface area contributed by atoms with Gasteiger partial charge in [0.1, 0.15) is 22.8 Å². The Balaban J connectivity index is 1.70. The number of benzene rings is 2. The molecule has 0 aliphatic carbocycles. The van der Waals surface area contributed by atoms with Crippen LogP contribution in [-0.2, 0) is 14.6 Å². The zero-order chi connectivity index (χ0) is 28.5. The van der Waals surface area contributed by atoms with Crippen molar-refractivity contribution in [3.63, 3.8) is 0 Å². The third-order valence-electron chi connectivity index (χ3n) is 6.45. The van der Waals surface area contributed by atoms with Gasteiger partial charge in [0.25, 0.3) is 0 Å². The van der Waals surface area contributed by atoms with Gasteiger partial charge in [-0.3, -0.25) is 0 Å². The van der Waals surface area contributed by atoms with E-state index in [1.165, 1.54) is 63.1 Å². The summed E-state index contributed by atoms with van der Waals surface area (Å²) in [4.78, 5) is 11.3. The summed E-state index contributed by atoms with van der Waals surface area (Å²) < 4.78 is 43.0. The van der Waals surface area contributed by atoms with Crippen molar-refractivity contribution in [3.8, 4) is 17.2 Å². The molecule has 0 saturated heterocycles. The van der Waals surface area contributed by atoms with Crippen LogP contribution in [0.15, 0.2) is 47.4 Å². The van der Waals surface area contributed by atoms with E-state index in [1.807, 2.05) is 6.92 Å². The molecule has 0 aliphatic heterocycles. The lowest BCUT2D eigenvalue weighted by atomic mass is 10.1. The minimum Gasteiger partial charge on any atom is -0.507 e. The second kappa shape index (κ2) is 17.7. The van der Waals surface area contributed by atoms with Crippen LogP contribution in [0.5, 0.6) is 17.2 Å². The number of aromatic carboxylic acids is 1. The predicted molar refractivity (Wildman–Crippen MR) is 152 cm³/mol. The lowest BCUT2D eigenvalue weighted by Gasteiger charge is -2.19. The van der Waals surface area contributed by atoms with Gasteiger partial charge in [0, 0.05) is 13.2 Å². The summed E-state index contributed by atoms with van der Waals surface area (Å²) in [6.07, 6.45) is 12.2. The van der Waals surface area contributed by atoms with Crippen LogP contribution in [0, 0.1) is 0 Å². The average Bonchev–Trinajstić information content (AvgIpc) is 2.92. The maximum Gasteiger partial charge on any atom is 0.339 e. The summed E-state index contributed by atoms with van der Waals surface area (Å²) in [5.41, 5.74) is -1.57. The number of carboxylic acid groups (broad SMARTS) is 1. The van der Waals surface area contributed by atoms with Gasteiger partial charge in [0.05, 0.1) is 11.5 Å². The molecule has 9 heteroatoms. The number of carboxylic acids is 1. The number of carbonyl (C=O) groups is 1. The molecule has 1 atom stereocenters. The topological polar surface area (TPSA) is 119 Å². The van der Waals surface area contributed by atoms with Gasteiger partial charge < -0.3 is 24.4 Å². The first-order valence-corrected chi connectivity index (χ1v) is 15.6. The van der Waals surface area contributed by atoms with Crippen LogP contribution in [0.3, 0.4) is 0 Å². The van der Waals surface area contributed by atoms with E-state index in [4.69, 9.17) is 14.2 Å². The molecule has 218 valence electrons. The van der Waals surface area contributed by atoms with Gasteiger partial charge in [-0.05, 0) is 68.7 Å². The molecular weight excluding hydrogens is 520 g/mol. The Bertz CT molecular complexity index is 1080. The van der Waals surface area contributed by atoms with Crippen molar-refractivity contribution >= 4 is 15.8 Å². The normalized spacial score (nSPS) is 12.3. The average molecular weight is 565 g/mol. The Morgan fingerprint density at radius 2 is 1.33 bits per heavy atom. The molecule has 8 nitrogen and oxygen atoms in total. The Morgan fingerprint density at radius 1 is 0.795 bits per heavy atom. The molecule has 0 heterocycles. The van der Waals surface area contributed by atoms with Crippen molar-refractivity contribution in [3.05, 3.63) is 48.0 Å². The summed E-state index contributed by atoms with van der Waals surface area (Å²) in [6, 6.07) is 9.87. The summed E-state index contributed by atoms with van der Waals surface area (Å²) >= 11 is 0. The van der Waals surface area contributed by atoms with E-state index in [2.05, 4.69) is 0 Å². The summed E-state index contributed by atoms with van der Waals surface area (Å²) in [5, 5.41) is 18.8. The first-order chi connectivity index (χ1) is 18.8. The number of hydrogen-bond donors (Lipinski definition) is 2. The number of ether oxygens (including phenoxy) is 3. The van der Waals surface area contributed by atoms with Crippen LogP contribution in [0.1, 0.15) is 94.8 Å². The highest BCUT2D eigenvalue weighted by Crippen LogP contribution is 2.28. The molecule has 0 aliphatic rings. The third-order valence-corrected chi connectivity index (χ3v) is 8.50. The quantitative estimate of drug-likeness (QED) is 0.156. The summed E-state index contributed by atoms with van der Waals surface area (Å²) in [7, 11) is -3.85. The number of hydrogen-bond acceptors (Lipinski definition) is 7. The van der Waals surface area contributed by atoms with E-state index in [9.17, 15) is 23.4 Å². The molecule has 0 spiro atoms. The third kappa shape index (κ3) is 11.5. The minimum absolute atomic E-state index is 0.0499. The minimum atomic E-state index is -3.85. The van der Waals surface area contributed by atoms with E-state index in [0.29, 0.717) is 12.4 Å². The molecule has 2 aromatic carbocycles. The molecule has 0 bridgehead atoms. The monoisotopic (exact) mass is 564 g/mol. The highest BCUT2D eigenvalue weighted by molar-refractivity contribution is 7.92. The van der Waals surface area contributed by atoms with E-state index < -0.39 is 27.0 Å². The van der Waals surface area contributed by atoms with Gasteiger partial charge in [0.2, 0.25) is 15.3 Å². The number of rotatable bonds is 21. The Hall–Kier alpha value is -2.78. The molecule has 1 unspecified atom stereocenters. The van der Waals surface area contributed by atoms with Crippen molar-refractivity contribution < 1.29 is 37.6 Å². The number of sulfone groups is 1. The molecule has 39 heavy (non-hydrogen) atoms. The van der Waals surface area contributed by atoms with Gasteiger partial charge >= 0.3 is 5.97 Å². The molecule has 0 radical (unpaired) electrons. The van der Waals surface area contributed by atoms with Crippen LogP contribution >= 0.6 is 0 Å². The van der Waals surface area contributed by atoms with E-state index in [-0.39, 0.29) is 22.6 Å². The molecule has 2 rings (SSSR count). The van der Waals surface area contributed by atoms with Crippen LogP contribution in [0.2, 0.25) is 0 Å². The van der Waals surface area contributed by atoms with E-state index >= 15 is 0 Å². The van der Waals surface area contributed by atoms with Crippen molar-refractivity contribution in [2.75, 3.05) is 19.8 Å².